The minimum absolute atomic E-state index is 0.112. The maximum atomic E-state index is 9.89. The van der Waals surface area contributed by atoms with Gasteiger partial charge in [-0.05, 0) is 12.8 Å². The van der Waals surface area contributed by atoms with Gasteiger partial charge in [-0.1, -0.05) is 0 Å². The number of hydrogen-bond donors (Lipinski definition) is 0. The van der Waals surface area contributed by atoms with Gasteiger partial charge in [0.05, 0.1) is 6.10 Å². The van der Waals surface area contributed by atoms with E-state index in [1.54, 1.807) is 0 Å². The molecule has 0 aromatic carbocycles. The molecule has 1 aliphatic rings. The van der Waals surface area contributed by atoms with Crippen LogP contribution in [0.1, 0.15) is 12.8 Å². The molecule has 1 radical (unpaired) electrons. The van der Waals surface area contributed by atoms with Gasteiger partial charge in [0, 0.05) is 20.1 Å². The lowest BCUT2D eigenvalue weighted by atomic mass is 10.1. The Balaban J connectivity index is 2.15. The van der Waals surface area contributed by atoms with Crippen LogP contribution in [0.4, 0.5) is 0 Å². The number of hydrogen-bond acceptors (Lipinski definition) is 4. The summed E-state index contributed by atoms with van der Waals surface area (Å²) >= 11 is 0. The molecule has 1 unspecified atom stereocenters. The fraction of sp³-hybridized carbons (Fsp3) is 0.750. The Morgan fingerprint density at radius 3 is 2.75 bits per heavy atom. The fourth-order valence-electron chi connectivity index (χ4n) is 1.12. The molecule has 0 amide bonds. The molecule has 0 aromatic heterocycles. The van der Waals surface area contributed by atoms with E-state index < -0.39 is 6.29 Å². The third-order valence-corrected chi connectivity index (χ3v) is 1.72. The van der Waals surface area contributed by atoms with Crippen LogP contribution in [-0.4, -0.2) is 32.1 Å². The van der Waals surface area contributed by atoms with Gasteiger partial charge in [0.25, 0.3) is 6.47 Å². The van der Waals surface area contributed by atoms with Crippen LogP contribution in [0.5, 0.6) is 0 Å². The van der Waals surface area contributed by atoms with Gasteiger partial charge < -0.3 is 14.2 Å². The molecule has 0 saturated carbocycles. The number of rotatable bonds is 4. The Kier molecular flexibility index (Phi) is 4.04. The zero-order chi connectivity index (χ0) is 8.81. The highest BCUT2D eigenvalue weighted by Crippen LogP contribution is 2.12. The normalized spacial score (nSPS) is 21.8. The summed E-state index contributed by atoms with van der Waals surface area (Å²) in [5.41, 5.74) is 0. The summed E-state index contributed by atoms with van der Waals surface area (Å²) in [6.07, 6.45) is 1.11. The standard InChI is InChI=1S/C8H13O4/c1-7(11-6-9)12-8-2-4-10-5-3-8/h6-8H,1-5H2. The van der Waals surface area contributed by atoms with Crippen molar-refractivity contribution in [3.05, 3.63) is 6.92 Å². The second-order valence-corrected chi connectivity index (χ2v) is 2.61. The van der Waals surface area contributed by atoms with Crippen molar-refractivity contribution in [1.82, 2.24) is 0 Å². The number of carbonyl (C=O) groups is 1. The van der Waals surface area contributed by atoms with Gasteiger partial charge in [-0.15, -0.1) is 0 Å². The van der Waals surface area contributed by atoms with E-state index in [-0.39, 0.29) is 6.10 Å². The first-order chi connectivity index (χ1) is 5.83. The molecule has 4 heteroatoms. The minimum Gasteiger partial charge on any atom is -0.438 e. The molecule has 1 rings (SSSR count). The van der Waals surface area contributed by atoms with Crippen LogP contribution < -0.4 is 0 Å². The maximum absolute atomic E-state index is 9.89. The van der Waals surface area contributed by atoms with Crippen LogP contribution >= 0.6 is 0 Å². The van der Waals surface area contributed by atoms with Crippen LogP contribution in [0.15, 0.2) is 0 Å². The molecule has 4 nitrogen and oxygen atoms in total. The van der Waals surface area contributed by atoms with E-state index in [1.807, 2.05) is 0 Å². The van der Waals surface area contributed by atoms with E-state index in [9.17, 15) is 4.79 Å². The Morgan fingerprint density at radius 1 is 1.50 bits per heavy atom. The van der Waals surface area contributed by atoms with Crippen LogP contribution in [0, 0.1) is 6.92 Å². The second kappa shape index (κ2) is 5.11. The third kappa shape index (κ3) is 3.19. The molecule has 1 aliphatic heterocycles. The van der Waals surface area contributed by atoms with Crippen molar-refractivity contribution in [1.29, 1.82) is 0 Å². The van der Waals surface area contributed by atoms with E-state index >= 15 is 0 Å². The molecule has 1 atom stereocenters. The summed E-state index contributed by atoms with van der Waals surface area (Å²) in [5.74, 6) is 0. The Labute approximate surface area is 71.8 Å². The fourth-order valence-corrected chi connectivity index (χ4v) is 1.12. The zero-order valence-corrected chi connectivity index (χ0v) is 6.90. The summed E-state index contributed by atoms with van der Waals surface area (Å²) in [7, 11) is 0. The lowest BCUT2D eigenvalue weighted by Gasteiger charge is -2.24. The summed E-state index contributed by atoms with van der Waals surface area (Å²) in [6, 6.07) is 0. The quantitative estimate of drug-likeness (QED) is 0.459. The van der Waals surface area contributed by atoms with Crippen LogP contribution in [0.3, 0.4) is 0 Å². The van der Waals surface area contributed by atoms with E-state index in [4.69, 9.17) is 9.47 Å². The molecule has 0 aliphatic carbocycles. The molecule has 1 saturated heterocycles. The van der Waals surface area contributed by atoms with E-state index in [1.165, 1.54) is 0 Å². The summed E-state index contributed by atoms with van der Waals surface area (Å²) in [5, 5.41) is 0. The average molecular weight is 173 g/mol. The van der Waals surface area contributed by atoms with E-state index in [0.717, 1.165) is 12.8 Å². The molecule has 1 heterocycles. The highest BCUT2D eigenvalue weighted by atomic mass is 16.7. The molecular weight excluding hydrogens is 160 g/mol. The first-order valence-electron chi connectivity index (χ1n) is 3.98. The highest BCUT2D eigenvalue weighted by Gasteiger charge is 2.17. The monoisotopic (exact) mass is 173 g/mol. The van der Waals surface area contributed by atoms with Crippen molar-refractivity contribution in [2.24, 2.45) is 0 Å². The Morgan fingerprint density at radius 2 is 2.17 bits per heavy atom. The largest absolute Gasteiger partial charge is 0.438 e. The van der Waals surface area contributed by atoms with E-state index in [2.05, 4.69) is 11.7 Å². The summed E-state index contributed by atoms with van der Waals surface area (Å²) in [6.45, 7) is 5.26. The van der Waals surface area contributed by atoms with Gasteiger partial charge in [0.1, 0.15) is 0 Å². The van der Waals surface area contributed by atoms with Crippen LogP contribution in [0.25, 0.3) is 0 Å². The van der Waals surface area contributed by atoms with Crippen molar-refractivity contribution in [2.75, 3.05) is 13.2 Å². The molecule has 12 heavy (non-hydrogen) atoms. The van der Waals surface area contributed by atoms with Crippen molar-refractivity contribution in [3.63, 3.8) is 0 Å². The Bertz CT molecular complexity index is 131. The molecule has 0 N–H and O–H groups in total. The smallest absolute Gasteiger partial charge is 0.295 e. The zero-order valence-electron chi connectivity index (χ0n) is 6.90. The van der Waals surface area contributed by atoms with Gasteiger partial charge in [0.2, 0.25) is 6.29 Å². The highest BCUT2D eigenvalue weighted by molar-refractivity contribution is 5.37. The topological polar surface area (TPSA) is 44.8 Å². The minimum atomic E-state index is -0.689. The van der Waals surface area contributed by atoms with Gasteiger partial charge >= 0.3 is 0 Å². The van der Waals surface area contributed by atoms with Gasteiger partial charge in [0.15, 0.2) is 0 Å². The van der Waals surface area contributed by atoms with Crippen molar-refractivity contribution < 1.29 is 19.0 Å². The molecule has 0 bridgehead atoms. The van der Waals surface area contributed by atoms with Crippen molar-refractivity contribution >= 4 is 6.47 Å². The number of carbonyl (C=O) groups excluding carboxylic acids is 1. The molecule has 0 spiro atoms. The van der Waals surface area contributed by atoms with Gasteiger partial charge in [-0.25, -0.2) is 0 Å². The predicted molar refractivity (Wildman–Crippen MR) is 41.2 cm³/mol. The predicted octanol–water partition coefficient (Wildman–Crippen LogP) is 0.515. The third-order valence-electron chi connectivity index (χ3n) is 1.72. The van der Waals surface area contributed by atoms with Crippen LogP contribution in [-0.2, 0) is 19.0 Å². The maximum Gasteiger partial charge on any atom is 0.295 e. The SMILES string of the molecule is [CH2]C(OC=O)OC1CCOCC1. The van der Waals surface area contributed by atoms with Crippen LogP contribution in [0.2, 0.25) is 0 Å². The summed E-state index contributed by atoms with van der Waals surface area (Å²) in [4.78, 5) is 9.89. The molecule has 0 aromatic rings. The number of ether oxygens (including phenoxy) is 3. The lowest BCUT2D eigenvalue weighted by molar-refractivity contribution is -0.171. The molecular formula is C8H13O4. The molecule has 1 fully saturated rings. The average Bonchev–Trinajstić information content (AvgIpc) is 2.06. The first-order valence-corrected chi connectivity index (χ1v) is 3.98. The lowest BCUT2D eigenvalue weighted by Crippen LogP contribution is -2.28. The van der Waals surface area contributed by atoms with Gasteiger partial charge in [-0.2, -0.15) is 0 Å². The Hall–Kier alpha value is -0.610. The molecule has 69 valence electrons. The van der Waals surface area contributed by atoms with E-state index in [0.29, 0.717) is 19.7 Å². The van der Waals surface area contributed by atoms with Gasteiger partial charge in [-0.3, -0.25) is 4.79 Å². The first kappa shape index (κ1) is 9.48. The second-order valence-electron chi connectivity index (χ2n) is 2.61. The van der Waals surface area contributed by atoms with Crippen molar-refractivity contribution in [3.8, 4) is 0 Å². The summed E-state index contributed by atoms with van der Waals surface area (Å²) < 4.78 is 14.9. The van der Waals surface area contributed by atoms with Crippen molar-refractivity contribution in [2.45, 2.75) is 25.2 Å².